The average Bonchev–Trinajstić information content (AvgIpc) is 2.04. The van der Waals surface area contributed by atoms with Crippen molar-refractivity contribution in [3.8, 4) is 0 Å². The minimum absolute atomic E-state index is 0.310. The Balaban J connectivity index is 2.73. The maximum absolute atomic E-state index is 4.97. The number of nitrogens with zero attached hydrogens (tertiary/aromatic N) is 1. The molecule has 0 amide bonds. The molecule has 10 heavy (non-hydrogen) atoms. The molecule has 0 fully saturated rings. The van der Waals surface area contributed by atoms with E-state index in [0.29, 0.717) is 5.76 Å². The van der Waals surface area contributed by atoms with Gasteiger partial charge in [-0.05, 0) is 11.9 Å². The summed E-state index contributed by atoms with van der Waals surface area (Å²) in [5, 5.41) is 0. The molecule has 54 valence electrons. The van der Waals surface area contributed by atoms with E-state index in [1.165, 1.54) is 0 Å². The molecule has 1 aliphatic heterocycles. The van der Waals surface area contributed by atoms with Crippen LogP contribution in [0.1, 0.15) is 0 Å². The van der Waals surface area contributed by atoms with Crippen LogP contribution in [-0.2, 0) is 9.47 Å². The summed E-state index contributed by atoms with van der Waals surface area (Å²) in [6, 6.07) is 0. The zero-order valence-corrected chi connectivity index (χ0v) is 6.00. The molecule has 3 nitrogen and oxygen atoms in total. The van der Waals surface area contributed by atoms with E-state index in [1.807, 2.05) is 0 Å². The van der Waals surface area contributed by atoms with Gasteiger partial charge in [0.15, 0.2) is 0 Å². The van der Waals surface area contributed by atoms with Crippen LogP contribution in [0.2, 0.25) is 0 Å². The molecule has 0 saturated heterocycles. The molecular weight excluding hydrogens is 130 g/mol. The average molecular weight is 139 g/mol. The second-order valence-electron chi connectivity index (χ2n) is 1.79. The number of ether oxygens (including phenoxy) is 2. The first-order valence-electron chi connectivity index (χ1n) is 2.94. The Bertz CT molecular complexity index is 202. The molecule has 0 aromatic carbocycles. The van der Waals surface area contributed by atoms with Crippen LogP contribution in [0.4, 0.5) is 0 Å². The summed E-state index contributed by atoms with van der Waals surface area (Å²) >= 11 is 0. The molecule has 0 spiro atoms. The third-order valence-electron chi connectivity index (χ3n) is 1.22. The van der Waals surface area contributed by atoms with Crippen molar-refractivity contribution < 1.29 is 9.47 Å². The number of methoxy groups -OCH3 is 2. The van der Waals surface area contributed by atoms with Gasteiger partial charge in [-0.25, -0.2) is 4.99 Å². The van der Waals surface area contributed by atoms with Crippen LogP contribution < -0.4 is 0 Å². The Morgan fingerprint density at radius 3 is 2.90 bits per heavy atom. The van der Waals surface area contributed by atoms with Crippen LogP contribution >= 0.6 is 0 Å². The molecule has 1 heterocycles. The predicted octanol–water partition coefficient (Wildman–Crippen LogP) is 0.729. The van der Waals surface area contributed by atoms with Gasteiger partial charge in [0.25, 0.3) is 0 Å². The Labute approximate surface area is 59.7 Å². The number of aliphatic imine (C=N–C) groups is 1. The second-order valence-corrected chi connectivity index (χ2v) is 1.79. The van der Waals surface area contributed by atoms with Gasteiger partial charge in [-0.3, -0.25) is 0 Å². The quantitative estimate of drug-likeness (QED) is 0.564. The van der Waals surface area contributed by atoms with Crippen LogP contribution in [0, 0.1) is 0 Å². The molecule has 0 N–H and O–H groups in total. The van der Waals surface area contributed by atoms with E-state index in [1.54, 1.807) is 26.4 Å². The highest BCUT2D eigenvalue weighted by Crippen LogP contribution is 2.09. The van der Waals surface area contributed by atoms with Gasteiger partial charge in [0.1, 0.15) is 5.76 Å². The molecule has 0 bridgehead atoms. The number of hydrogen-bond donors (Lipinski definition) is 0. The standard InChI is InChI=1S/C7H9NO2/c1-9-6-4-3-5-8-7(6)10-2/h3-4,7H,1-2H3. The van der Waals surface area contributed by atoms with Crippen molar-refractivity contribution in [3.63, 3.8) is 0 Å². The van der Waals surface area contributed by atoms with Crippen molar-refractivity contribution in [3.05, 3.63) is 17.9 Å². The highest BCUT2D eigenvalue weighted by Gasteiger charge is 2.11. The molecule has 1 atom stereocenters. The fourth-order valence-corrected chi connectivity index (χ4v) is 0.714. The first-order valence-corrected chi connectivity index (χ1v) is 2.94. The molecule has 0 radical (unpaired) electrons. The lowest BCUT2D eigenvalue weighted by molar-refractivity contribution is 0.0851. The van der Waals surface area contributed by atoms with Gasteiger partial charge >= 0.3 is 0 Å². The van der Waals surface area contributed by atoms with Crippen LogP contribution in [0.25, 0.3) is 0 Å². The van der Waals surface area contributed by atoms with E-state index >= 15 is 0 Å². The molecular formula is C7H9NO2. The van der Waals surface area contributed by atoms with E-state index in [2.05, 4.69) is 10.9 Å². The highest BCUT2D eigenvalue weighted by molar-refractivity contribution is 5.57. The van der Waals surface area contributed by atoms with Crippen molar-refractivity contribution in [2.75, 3.05) is 14.2 Å². The van der Waals surface area contributed by atoms with Gasteiger partial charge in [0.2, 0.25) is 6.23 Å². The Kier molecular flexibility index (Phi) is 2.26. The lowest BCUT2D eigenvalue weighted by Crippen LogP contribution is -2.13. The fraction of sp³-hybridized carbons (Fsp3) is 0.429. The Hall–Kier alpha value is -1.05. The lowest BCUT2D eigenvalue weighted by Gasteiger charge is -2.12. The van der Waals surface area contributed by atoms with Gasteiger partial charge in [-0.2, -0.15) is 0 Å². The zero-order valence-electron chi connectivity index (χ0n) is 6.00. The van der Waals surface area contributed by atoms with Crippen LogP contribution in [0.3, 0.4) is 0 Å². The van der Waals surface area contributed by atoms with Gasteiger partial charge in [-0.15, -0.1) is 0 Å². The topological polar surface area (TPSA) is 30.8 Å². The van der Waals surface area contributed by atoms with Crippen molar-refractivity contribution in [1.82, 2.24) is 0 Å². The third kappa shape index (κ3) is 1.26. The largest absolute Gasteiger partial charge is 0.496 e. The molecule has 0 aliphatic carbocycles. The molecule has 1 unspecified atom stereocenters. The first-order chi connectivity index (χ1) is 4.88. The van der Waals surface area contributed by atoms with Crippen LogP contribution in [-0.4, -0.2) is 26.3 Å². The maximum Gasteiger partial charge on any atom is 0.214 e. The van der Waals surface area contributed by atoms with Crippen molar-refractivity contribution in [2.45, 2.75) is 6.23 Å². The molecule has 3 heteroatoms. The van der Waals surface area contributed by atoms with Gasteiger partial charge in [0.05, 0.1) is 7.11 Å². The van der Waals surface area contributed by atoms with E-state index < -0.39 is 0 Å². The highest BCUT2D eigenvalue weighted by atomic mass is 16.5. The number of hydrogen-bond acceptors (Lipinski definition) is 3. The summed E-state index contributed by atoms with van der Waals surface area (Å²) in [6.07, 6.45) is 3.16. The summed E-state index contributed by atoms with van der Waals surface area (Å²) in [7, 11) is 3.17. The second kappa shape index (κ2) is 3.20. The minimum Gasteiger partial charge on any atom is -0.496 e. The van der Waals surface area contributed by atoms with E-state index in [4.69, 9.17) is 9.47 Å². The van der Waals surface area contributed by atoms with Crippen molar-refractivity contribution in [2.24, 2.45) is 4.99 Å². The van der Waals surface area contributed by atoms with Gasteiger partial charge in [0, 0.05) is 13.2 Å². The van der Waals surface area contributed by atoms with E-state index in [0.717, 1.165) is 0 Å². The van der Waals surface area contributed by atoms with Crippen LogP contribution in [0.15, 0.2) is 22.9 Å². The third-order valence-corrected chi connectivity index (χ3v) is 1.22. The smallest absolute Gasteiger partial charge is 0.214 e. The molecule has 0 aromatic heterocycles. The summed E-state index contributed by atoms with van der Waals surface area (Å²) in [4.78, 5) is 3.88. The zero-order chi connectivity index (χ0) is 7.40. The molecule has 0 aromatic rings. The van der Waals surface area contributed by atoms with Crippen LogP contribution in [0.5, 0.6) is 0 Å². The predicted molar refractivity (Wildman–Crippen MR) is 37.9 cm³/mol. The summed E-state index contributed by atoms with van der Waals surface area (Å²) in [5.41, 5.74) is 0. The maximum atomic E-state index is 4.97. The normalized spacial score (nSPS) is 22.6. The number of rotatable bonds is 2. The molecule has 1 aliphatic rings. The van der Waals surface area contributed by atoms with E-state index in [9.17, 15) is 0 Å². The molecule has 1 rings (SSSR count). The Morgan fingerprint density at radius 1 is 1.60 bits per heavy atom. The first kappa shape index (κ1) is 7.06. The SMILES string of the molecule is COC1=CC=C=NC1OC. The fourth-order valence-electron chi connectivity index (χ4n) is 0.714. The van der Waals surface area contributed by atoms with Crippen molar-refractivity contribution >= 4 is 5.87 Å². The summed E-state index contributed by atoms with van der Waals surface area (Å²) in [5.74, 6) is 3.38. The van der Waals surface area contributed by atoms with E-state index in [-0.39, 0.29) is 6.23 Å². The summed E-state index contributed by atoms with van der Waals surface area (Å²) < 4.78 is 9.92. The number of allylic oxidation sites excluding steroid dienone is 2. The van der Waals surface area contributed by atoms with Crippen molar-refractivity contribution in [1.29, 1.82) is 0 Å². The minimum atomic E-state index is -0.310. The summed E-state index contributed by atoms with van der Waals surface area (Å²) in [6.45, 7) is 0. The monoisotopic (exact) mass is 139 g/mol. The Morgan fingerprint density at radius 2 is 2.40 bits per heavy atom. The lowest BCUT2D eigenvalue weighted by atomic mass is 10.3. The molecule has 0 saturated carbocycles. The van der Waals surface area contributed by atoms with Gasteiger partial charge in [-0.1, -0.05) is 0 Å². The van der Waals surface area contributed by atoms with Gasteiger partial charge < -0.3 is 9.47 Å².